The predicted molar refractivity (Wildman–Crippen MR) is 123 cm³/mol. The fraction of sp³-hybridized carbons (Fsp3) is 0.120. The number of anilines is 2. The van der Waals surface area contributed by atoms with Crippen molar-refractivity contribution in [2.24, 2.45) is 0 Å². The van der Waals surface area contributed by atoms with E-state index in [9.17, 15) is 0 Å². The van der Waals surface area contributed by atoms with Crippen molar-refractivity contribution in [1.82, 2.24) is 0 Å². The highest BCUT2D eigenvalue weighted by molar-refractivity contribution is 8.32. The Balaban J connectivity index is 1.69. The summed E-state index contributed by atoms with van der Waals surface area (Å²) in [7, 11) is -0.694. The Morgan fingerprint density at radius 2 is 1.26 bits per heavy atom. The topological polar surface area (TPSA) is 12.0 Å². The molecule has 0 unspecified atom stereocenters. The third-order valence-corrected chi connectivity index (χ3v) is 7.03. The van der Waals surface area contributed by atoms with Crippen LogP contribution < -0.4 is 5.32 Å². The molecule has 0 aliphatic rings. The molecular formula is C25H23NS. The van der Waals surface area contributed by atoms with E-state index in [1.165, 1.54) is 42.9 Å². The van der Waals surface area contributed by atoms with Crippen molar-refractivity contribution in [2.45, 2.75) is 4.90 Å². The molecule has 0 spiro atoms. The van der Waals surface area contributed by atoms with Gasteiger partial charge in [0, 0.05) is 16.8 Å². The van der Waals surface area contributed by atoms with Gasteiger partial charge in [-0.05, 0) is 80.9 Å². The first-order valence-electron chi connectivity index (χ1n) is 9.23. The second kappa shape index (κ2) is 5.90. The molecule has 0 aliphatic heterocycles. The van der Waals surface area contributed by atoms with Crippen LogP contribution in [0.3, 0.4) is 0 Å². The summed E-state index contributed by atoms with van der Waals surface area (Å²) in [5, 5.41) is 11.6. The van der Waals surface area contributed by atoms with Crippen LogP contribution in [-0.4, -0.2) is 18.8 Å². The molecule has 1 N–H and O–H groups in total. The van der Waals surface area contributed by atoms with Crippen LogP contribution in [0, 0.1) is 0 Å². The summed E-state index contributed by atoms with van der Waals surface area (Å²) in [5.74, 6) is 0. The van der Waals surface area contributed by atoms with Crippen molar-refractivity contribution in [3.05, 3.63) is 78.9 Å². The molecule has 0 bridgehead atoms. The highest BCUT2D eigenvalue weighted by atomic mass is 32.3. The Labute approximate surface area is 161 Å². The zero-order valence-corrected chi connectivity index (χ0v) is 16.7. The van der Waals surface area contributed by atoms with Crippen molar-refractivity contribution in [3.8, 4) is 0 Å². The Hall–Kier alpha value is -2.71. The summed E-state index contributed by atoms with van der Waals surface area (Å²) < 4.78 is 0. The Morgan fingerprint density at radius 1 is 0.630 bits per heavy atom. The zero-order valence-electron chi connectivity index (χ0n) is 15.9. The number of benzene rings is 5. The lowest BCUT2D eigenvalue weighted by Gasteiger charge is -2.26. The van der Waals surface area contributed by atoms with Gasteiger partial charge in [0.2, 0.25) is 0 Å². The predicted octanol–water partition coefficient (Wildman–Crippen LogP) is 7.38. The van der Waals surface area contributed by atoms with Crippen LogP contribution in [0.2, 0.25) is 0 Å². The molecule has 0 heterocycles. The van der Waals surface area contributed by atoms with Gasteiger partial charge in [-0.25, -0.2) is 10.0 Å². The minimum Gasteiger partial charge on any atom is -0.355 e. The monoisotopic (exact) mass is 369 g/mol. The van der Waals surface area contributed by atoms with Crippen molar-refractivity contribution in [1.29, 1.82) is 0 Å². The SMILES string of the molecule is CS(C)(C)c1ccc(Nc2cc3cccc4ccc5cccc2c5c43)cc1. The Kier molecular flexibility index (Phi) is 3.60. The number of hydrogen-bond acceptors (Lipinski definition) is 1. The zero-order chi connectivity index (χ0) is 18.6. The van der Waals surface area contributed by atoms with Gasteiger partial charge in [0.05, 0.1) is 0 Å². The fourth-order valence-corrected chi connectivity index (χ4v) is 4.92. The summed E-state index contributed by atoms with van der Waals surface area (Å²) in [6.07, 6.45) is 6.99. The summed E-state index contributed by atoms with van der Waals surface area (Å²) in [6.45, 7) is 0. The van der Waals surface area contributed by atoms with Crippen LogP contribution in [0.4, 0.5) is 11.4 Å². The van der Waals surface area contributed by atoms with E-state index in [1.54, 1.807) is 0 Å². The lowest BCUT2D eigenvalue weighted by Crippen LogP contribution is -1.96. The van der Waals surface area contributed by atoms with E-state index >= 15 is 0 Å². The van der Waals surface area contributed by atoms with Gasteiger partial charge >= 0.3 is 0 Å². The highest BCUT2D eigenvalue weighted by Crippen LogP contribution is 2.45. The summed E-state index contributed by atoms with van der Waals surface area (Å²) >= 11 is 0. The van der Waals surface area contributed by atoms with Gasteiger partial charge in [0.15, 0.2) is 0 Å². The van der Waals surface area contributed by atoms with Crippen LogP contribution in [0.25, 0.3) is 32.3 Å². The molecule has 0 saturated heterocycles. The molecule has 0 atom stereocenters. The van der Waals surface area contributed by atoms with Crippen LogP contribution >= 0.6 is 10.0 Å². The fourth-order valence-electron chi connectivity index (χ4n) is 3.97. The van der Waals surface area contributed by atoms with Gasteiger partial charge < -0.3 is 5.32 Å². The average molecular weight is 370 g/mol. The molecule has 0 amide bonds. The third-order valence-electron chi connectivity index (χ3n) is 5.35. The van der Waals surface area contributed by atoms with E-state index in [0.717, 1.165) is 5.69 Å². The van der Waals surface area contributed by atoms with Crippen LogP contribution in [0.5, 0.6) is 0 Å². The van der Waals surface area contributed by atoms with Gasteiger partial charge in [0.25, 0.3) is 0 Å². The first-order valence-corrected chi connectivity index (χ1v) is 12.1. The lowest BCUT2D eigenvalue weighted by molar-refractivity contribution is 1.42. The molecule has 27 heavy (non-hydrogen) atoms. The Bertz CT molecular complexity index is 1260. The Morgan fingerprint density at radius 3 is 1.96 bits per heavy atom. The second-order valence-electron chi connectivity index (χ2n) is 7.96. The summed E-state index contributed by atoms with van der Waals surface area (Å²) in [5.41, 5.74) is 2.31. The minimum absolute atomic E-state index is 0.694. The highest BCUT2D eigenvalue weighted by Gasteiger charge is 2.12. The first-order chi connectivity index (χ1) is 13.0. The smallest absolute Gasteiger partial charge is 0.0470 e. The van der Waals surface area contributed by atoms with Gasteiger partial charge in [-0.1, -0.05) is 48.5 Å². The molecule has 0 aliphatic carbocycles. The van der Waals surface area contributed by atoms with Crippen molar-refractivity contribution in [3.63, 3.8) is 0 Å². The first kappa shape index (κ1) is 16.5. The molecule has 0 radical (unpaired) electrons. The van der Waals surface area contributed by atoms with Gasteiger partial charge in [-0.2, -0.15) is 0 Å². The van der Waals surface area contributed by atoms with Gasteiger partial charge in [-0.3, -0.25) is 0 Å². The van der Waals surface area contributed by atoms with E-state index in [-0.39, 0.29) is 0 Å². The molecule has 0 saturated carbocycles. The van der Waals surface area contributed by atoms with Crippen LogP contribution in [0.15, 0.2) is 83.8 Å². The molecule has 134 valence electrons. The maximum atomic E-state index is 3.67. The molecule has 5 rings (SSSR count). The van der Waals surface area contributed by atoms with Crippen LogP contribution in [-0.2, 0) is 0 Å². The molecule has 0 fully saturated rings. The van der Waals surface area contributed by atoms with Crippen molar-refractivity contribution < 1.29 is 0 Å². The maximum Gasteiger partial charge on any atom is 0.0470 e. The molecule has 2 heteroatoms. The molecular weight excluding hydrogens is 346 g/mol. The average Bonchev–Trinajstić information content (AvgIpc) is 2.66. The normalized spacial score (nSPS) is 12.9. The van der Waals surface area contributed by atoms with Crippen molar-refractivity contribution >= 4 is 53.7 Å². The largest absolute Gasteiger partial charge is 0.355 e. The number of rotatable bonds is 3. The number of nitrogens with one attached hydrogen (secondary N) is 1. The van der Waals surface area contributed by atoms with Crippen LogP contribution in [0.1, 0.15) is 0 Å². The summed E-state index contributed by atoms with van der Waals surface area (Å²) in [4.78, 5) is 1.43. The number of hydrogen-bond donors (Lipinski definition) is 1. The second-order valence-corrected chi connectivity index (χ2v) is 12.1. The van der Waals surface area contributed by atoms with Gasteiger partial charge in [0.1, 0.15) is 0 Å². The van der Waals surface area contributed by atoms with Gasteiger partial charge in [-0.15, -0.1) is 0 Å². The van der Waals surface area contributed by atoms with E-state index in [2.05, 4.69) is 103 Å². The van der Waals surface area contributed by atoms with E-state index < -0.39 is 10.0 Å². The summed E-state index contributed by atoms with van der Waals surface area (Å²) in [6, 6.07) is 28.8. The standard InChI is InChI=1S/C25H23NS/c1-27(2,3)21-14-12-20(13-15-21)26-23-16-19-8-4-6-17-10-11-18-7-5-9-22(23)25(18)24(17)19/h4-16,26H,1-3H3. The quantitative estimate of drug-likeness (QED) is 0.327. The van der Waals surface area contributed by atoms with E-state index in [4.69, 9.17) is 0 Å². The van der Waals surface area contributed by atoms with Crippen molar-refractivity contribution in [2.75, 3.05) is 24.1 Å². The molecule has 1 nitrogen and oxygen atoms in total. The molecule has 0 aromatic heterocycles. The lowest BCUT2D eigenvalue weighted by atomic mass is 9.93. The third kappa shape index (κ3) is 2.72. The molecule has 5 aromatic carbocycles. The minimum atomic E-state index is -0.694. The van der Waals surface area contributed by atoms with E-state index in [0.29, 0.717) is 0 Å². The van der Waals surface area contributed by atoms with E-state index in [1.807, 2.05) is 0 Å². The maximum absolute atomic E-state index is 3.67. The molecule has 5 aromatic rings.